The highest BCUT2D eigenvalue weighted by Gasteiger charge is 2.23. The van der Waals surface area contributed by atoms with Gasteiger partial charge in [0.05, 0.1) is 13.2 Å². The highest BCUT2D eigenvalue weighted by Crippen LogP contribution is 2.27. The van der Waals surface area contributed by atoms with Gasteiger partial charge in [-0.15, -0.1) is 0 Å². The lowest BCUT2D eigenvalue weighted by Gasteiger charge is -2.10. The Labute approximate surface area is 153 Å². The summed E-state index contributed by atoms with van der Waals surface area (Å²) in [5.74, 6) is -0.737. The molecule has 8 nitrogen and oxygen atoms in total. The van der Waals surface area contributed by atoms with Crippen molar-refractivity contribution in [2.75, 3.05) is 6.61 Å². The van der Waals surface area contributed by atoms with Crippen molar-refractivity contribution in [3.05, 3.63) is 68.2 Å². The maximum Gasteiger partial charge on any atom is 0.374 e. The first-order valence-electron chi connectivity index (χ1n) is 8.43. The Hall–Kier alpha value is -3.60. The molecule has 0 N–H and O–H groups in total. The van der Waals surface area contributed by atoms with Crippen LogP contribution in [-0.4, -0.2) is 21.7 Å². The van der Waals surface area contributed by atoms with Crippen molar-refractivity contribution in [1.29, 1.82) is 5.26 Å². The molecule has 0 aliphatic heterocycles. The summed E-state index contributed by atoms with van der Waals surface area (Å²) >= 11 is 0. The monoisotopic (exact) mass is 367 g/mol. The fraction of sp³-hybridized carbons (Fsp3) is 0.263. The third-order valence-electron chi connectivity index (χ3n) is 4.17. The number of nitrogens with zero attached hydrogens (tertiary/aromatic N) is 3. The molecule has 0 aliphatic carbocycles. The minimum Gasteiger partial charge on any atom is -0.460 e. The summed E-state index contributed by atoms with van der Waals surface area (Å²) in [5.41, 5.74) is -0.632. The van der Waals surface area contributed by atoms with E-state index in [1.807, 2.05) is 0 Å². The highest BCUT2D eigenvalue weighted by molar-refractivity contribution is 5.96. The Kier molecular flexibility index (Phi) is 4.94. The summed E-state index contributed by atoms with van der Waals surface area (Å²) in [4.78, 5) is 37.5. The van der Waals surface area contributed by atoms with Crippen LogP contribution < -0.4 is 11.2 Å². The van der Waals surface area contributed by atoms with Gasteiger partial charge in [-0.3, -0.25) is 13.9 Å². The SMILES string of the molecule is CCOC(=O)c1oc2ccccc2c1Cn1c(=O)c(C#N)cn(CC)c1=O. The van der Waals surface area contributed by atoms with Gasteiger partial charge in [-0.05, 0) is 19.9 Å². The zero-order valence-corrected chi connectivity index (χ0v) is 14.9. The Morgan fingerprint density at radius 3 is 2.67 bits per heavy atom. The quantitative estimate of drug-likeness (QED) is 0.637. The van der Waals surface area contributed by atoms with Gasteiger partial charge in [0.15, 0.2) is 0 Å². The Balaban J connectivity index is 2.25. The largest absolute Gasteiger partial charge is 0.460 e. The molecule has 0 amide bonds. The van der Waals surface area contributed by atoms with Crippen molar-refractivity contribution in [3.63, 3.8) is 0 Å². The molecule has 0 saturated carbocycles. The lowest BCUT2D eigenvalue weighted by Crippen LogP contribution is -2.41. The Morgan fingerprint density at radius 1 is 1.26 bits per heavy atom. The maximum absolute atomic E-state index is 12.6. The van der Waals surface area contributed by atoms with Crippen molar-refractivity contribution in [2.24, 2.45) is 0 Å². The average Bonchev–Trinajstić information content (AvgIpc) is 3.04. The molecule has 0 unspecified atom stereocenters. The molecule has 2 aromatic heterocycles. The number of rotatable bonds is 5. The minimum absolute atomic E-state index is 0.0604. The van der Waals surface area contributed by atoms with Crippen LogP contribution in [0.25, 0.3) is 11.0 Å². The number of nitriles is 1. The van der Waals surface area contributed by atoms with Crippen molar-refractivity contribution in [3.8, 4) is 6.07 Å². The summed E-state index contributed by atoms with van der Waals surface area (Å²) in [6.07, 6.45) is 1.24. The topological polar surface area (TPSA) is 107 Å². The summed E-state index contributed by atoms with van der Waals surface area (Å²) < 4.78 is 12.8. The summed E-state index contributed by atoms with van der Waals surface area (Å²) in [6, 6.07) is 8.72. The van der Waals surface area contributed by atoms with E-state index in [4.69, 9.17) is 9.15 Å². The molecule has 0 spiro atoms. The third kappa shape index (κ3) is 3.15. The second kappa shape index (κ2) is 7.33. The van der Waals surface area contributed by atoms with Gasteiger partial charge in [0.1, 0.15) is 17.2 Å². The smallest absolute Gasteiger partial charge is 0.374 e. The van der Waals surface area contributed by atoms with Crippen molar-refractivity contribution >= 4 is 16.9 Å². The van der Waals surface area contributed by atoms with E-state index in [2.05, 4.69) is 0 Å². The molecule has 0 fully saturated rings. The van der Waals surface area contributed by atoms with Crippen molar-refractivity contribution in [1.82, 2.24) is 9.13 Å². The number of aromatic nitrogens is 2. The first kappa shape index (κ1) is 18.2. The predicted molar refractivity (Wildman–Crippen MR) is 96.6 cm³/mol. The average molecular weight is 367 g/mol. The van der Waals surface area contributed by atoms with Gasteiger partial charge in [0.25, 0.3) is 5.56 Å². The lowest BCUT2D eigenvalue weighted by atomic mass is 10.1. The Bertz CT molecular complexity index is 1180. The molecule has 1 aromatic carbocycles. The molecule has 8 heteroatoms. The molecule has 138 valence electrons. The third-order valence-corrected chi connectivity index (χ3v) is 4.17. The molecular formula is C19H17N3O5. The van der Waals surface area contributed by atoms with Gasteiger partial charge in [-0.1, -0.05) is 18.2 Å². The van der Waals surface area contributed by atoms with Gasteiger partial charge < -0.3 is 9.15 Å². The molecule has 0 aliphatic rings. The van der Waals surface area contributed by atoms with Gasteiger partial charge in [-0.2, -0.15) is 5.26 Å². The normalized spacial score (nSPS) is 10.7. The van der Waals surface area contributed by atoms with Crippen LogP contribution in [0.15, 0.2) is 44.5 Å². The van der Waals surface area contributed by atoms with Crippen molar-refractivity contribution < 1.29 is 13.9 Å². The van der Waals surface area contributed by atoms with Gasteiger partial charge in [-0.25, -0.2) is 9.59 Å². The molecule has 27 heavy (non-hydrogen) atoms. The molecule has 0 atom stereocenters. The number of fused-ring (bicyclic) bond motifs is 1. The number of carbonyl (C=O) groups is 1. The predicted octanol–water partition coefficient (Wildman–Crippen LogP) is 1.87. The van der Waals surface area contributed by atoms with E-state index < -0.39 is 17.2 Å². The molecular weight excluding hydrogens is 350 g/mol. The van der Waals surface area contributed by atoms with E-state index in [-0.39, 0.29) is 24.5 Å². The molecule has 3 rings (SSSR count). The van der Waals surface area contributed by atoms with Crippen LogP contribution in [0, 0.1) is 11.3 Å². The van der Waals surface area contributed by atoms with Crippen LogP contribution in [-0.2, 0) is 17.8 Å². The van der Waals surface area contributed by atoms with E-state index in [1.54, 1.807) is 44.2 Å². The number of aryl methyl sites for hydroxylation is 1. The summed E-state index contributed by atoms with van der Waals surface area (Å²) in [6.45, 7) is 3.64. The van der Waals surface area contributed by atoms with Crippen LogP contribution in [0.3, 0.4) is 0 Å². The highest BCUT2D eigenvalue weighted by atomic mass is 16.5. The molecule has 0 radical (unpaired) electrons. The number of carbonyl (C=O) groups excluding carboxylic acids is 1. The van der Waals surface area contributed by atoms with Gasteiger partial charge in [0, 0.05) is 23.7 Å². The van der Waals surface area contributed by atoms with Crippen molar-refractivity contribution in [2.45, 2.75) is 26.9 Å². The molecule has 0 bridgehead atoms. The second-order valence-corrected chi connectivity index (χ2v) is 5.74. The number of hydrogen-bond acceptors (Lipinski definition) is 6. The van der Waals surface area contributed by atoms with Gasteiger partial charge in [0.2, 0.25) is 5.76 Å². The van der Waals surface area contributed by atoms with Crippen LogP contribution in [0.4, 0.5) is 0 Å². The fourth-order valence-electron chi connectivity index (χ4n) is 2.87. The van der Waals surface area contributed by atoms with Crippen LogP contribution in [0.1, 0.15) is 35.5 Å². The number of hydrogen-bond donors (Lipinski definition) is 0. The fourth-order valence-corrected chi connectivity index (χ4v) is 2.87. The van der Waals surface area contributed by atoms with Crippen LogP contribution >= 0.6 is 0 Å². The number of para-hydroxylation sites is 1. The number of ether oxygens (including phenoxy) is 1. The number of esters is 1. The van der Waals surface area contributed by atoms with E-state index in [0.29, 0.717) is 23.1 Å². The first-order valence-corrected chi connectivity index (χ1v) is 8.43. The van der Waals surface area contributed by atoms with E-state index >= 15 is 0 Å². The summed E-state index contributed by atoms with van der Waals surface area (Å²) in [7, 11) is 0. The minimum atomic E-state index is -0.715. The molecule has 0 saturated heterocycles. The molecule has 2 heterocycles. The lowest BCUT2D eigenvalue weighted by molar-refractivity contribution is 0.0490. The van der Waals surface area contributed by atoms with Crippen LogP contribution in [0.2, 0.25) is 0 Å². The zero-order valence-electron chi connectivity index (χ0n) is 14.9. The number of benzene rings is 1. The number of furan rings is 1. The summed E-state index contributed by atoms with van der Waals surface area (Å²) in [5, 5.41) is 9.79. The Morgan fingerprint density at radius 2 is 2.00 bits per heavy atom. The standard InChI is InChI=1S/C19H17N3O5/c1-3-21-10-12(9-20)17(23)22(19(21)25)11-14-13-7-5-6-8-15(13)27-16(14)18(24)26-4-2/h5-8,10H,3-4,11H2,1-2H3. The maximum atomic E-state index is 12.6. The van der Waals surface area contributed by atoms with Crippen LogP contribution in [0.5, 0.6) is 0 Å². The van der Waals surface area contributed by atoms with E-state index in [1.165, 1.54) is 10.8 Å². The zero-order chi connectivity index (χ0) is 19.6. The van der Waals surface area contributed by atoms with Gasteiger partial charge >= 0.3 is 11.7 Å². The second-order valence-electron chi connectivity index (χ2n) is 5.74. The van der Waals surface area contributed by atoms with E-state index in [0.717, 1.165) is 4.57 Å². The first-order chi connectivity index (χ1) is 13.0. The van der Waals surface area contributed by atoms with E-state index in [9.17, 15) is 19.6 Å². The molecule has 3 aromatic rings.